The summed E-state index contributed by atoms with van der Waals surface area (Å²) in [6.07, 6.45) is 2.05. The lowest BCUT2D eigenvalue weighted by molar-refractivity contribution is -0.120. The monoisotopic (exact) mass is 361 g/mol. The molecule has 0 radical (unpaired) electrons. The van der Waals surface area contributed by atoms with Crippen LogP contribution < -0.4 is 4.90 Å². The fourth-order valence-electron chi connectivity index (χ4n) is 3.62. The number of anilines is 1. The molecule has 1 fully saturated rings. The normalized spacial score (nSPS) is 18.5. The molecule has 5 heteroatoms. The van der Waals surface area contributed by atoms with Crippen molar-refractivity contribution >= 4 is 44.5 Å². The summed E-state index contributed by atoms with van der Waals surface area (Å²) in [5.41, 5.74) is 5.45. The lowest BCUT2D eigenvalue weighted by atomic mass is 9.85. The number of fused-ring (bicyclic) bond motifs is 3. The Balaban J connectivity index is 2.07. The molecule has 0 saturated heterocycles. The average molecular weight is 362 g/mol. The van der Waals surface area contributed by atoms with E-state index >= 15 is 0 Å². The first kappa shape index (κ1) is 15.5. The van der Waals surface area contributed by atoms with Crippen LogP contribution in [0.2, 0.25) is 0 Å². The van der Waals surface area contributed by atoms with E-state index in [0.29, 0.717) is 0 Å². The minimum absolute atomic E-state index is 0.205. The molecule has 2 aliphatic rings. The summed E-state index contributed by atoms with van der Waals surface area (Å²) in [5.74, 6) is 0.481. The molecular weight excluding hydrogens is 342 g/mol. The van der Waals surface area contributed by atoms with E-state index in [1.165, 1.54) is 21.6 Å². The molecule has 0 bridgehead atoms. The Morgan fingerprint density at radius 2 is 1.96 bits per heavy atom. The van der Waals surface area contributed by atoms with Crippen LogP contribution in [-0.4, -0.2) is 5.91 Å². The molecule has 1 amide bonds. The molecule has 1 aromatic carbocycles. The average Bonchev–Trinajstić information content (AvgIpc) is 3.22. The van der Waals surface area contributed by atoms with Gasteiger partial charge >= 0.3 is 0 Å². The smallest absolute Gasteiger partial charge is 0.230 e. The summed E-state index contributed by atoms with van der Waals surface area (Å²) in [6, 6.07) is 4.37. The molecule has 4 rings (SSSR count). The largest absolute Gasteiger partial charge is 0.301 e. The Bertz CT molecular complexity index is 886. The lowest BCUT2D eigenvalue weighted by Gasteiger charge is -2.44. The second-order valence-electron chi connectivity index (χ2n) is 7.14. The summed E-state index contributed by atoms with van der Waals surface area (Å²) in [7, 11) is 3.39. The zero-order valence-electron chi connectivity index (χ0n) is 13.7. The van der Waals surface area contributed by atoms with E-state index in [0.717, 1.165) is 27.9 Å². The molecule has 23 heavy (non-hydrogen) atoms. The van der Waals surface area contributed by atoms with E-state index in [4.69, 9.17) is 12.2 Å². The number of amides is 1. The fraction of sp³-hybridized carbons (Fsp3) is 0.444. The molecule has 1 aromatic heterocycles. The number of aryl methyl sites for hydroxylation is 2. The Morgan fingerprint density at radius 3 is 2.61 bits per heavy atom. The van der Waals surface area contributed by atoms with Crippen LogP contribution in [0.4, 0.5) is 5.69 Å². The number of hydrogen-bond acceptors (Lipinski definition) is 4. The lowest BCUT2D eigenvalue weighted by Crippen LogP contribution is -2.48. The molecule has 1 aliphatic carbocycles. The van der Waals surface area contributed by atoms with Gasteiger partial charge in [-0.25, -0.2) is 0 Å². The van der Waals surface area contributed by atoms with Crippen LogP contribution in [0.3, 0.4) is 0 Å². The van der Waals surface area contributed by atoms with Crippen LogP contribution >= 0.6 is 32.9 Å². The molecule has 2 heterocycles. The van der Waals surface area contributed by atoms with Crippen molar-refractivity contribution in [2.75, 3.05) is 4.90 Å². The minimum Gasteiger partial charge on any atom is -0.301 e. The second kappa shape index (κ2) is 4.98. The first-order valence-electron chi connectivity index (χ1n) is 7.91. The zero-order valence-corrected chi connectivity index (χ0v) is 16.2. The minimum atomic E-state index is -0.333. The van der Waals surface area contributed by atoms with Gasteiger partial charge in [-0.1, -0.05) is 44.5 Å². The quantitative estimate of drug-likeness (QED) is 0.471. The number of rotatable bonds is 1. The molecular formula is C18H19NOS3. The summed E-state index contributed by atoms with van der Waals surface area (Å²) in [4.78, 5) is 16.4. The van der Waals surface area contributed by atoms with Gasteiger partial charge in [0, 0.05) is 17.0 Å². The summed E-state index contributed by atoms with van der Waals surface area (Å²) < 4.78 is 0.947. The Labute approximate surface area is 149 Å². The van der Waals surface area contributed by atoms with Crippen molar-refractivity contribution < 1.29 is 4.79 Å². The van der Waals surface area contributed by atoms with Crippen LogP contribution in [0.25, 0.3) is 11.1 Å². The van der Waals surface area contributed by atoms with Crippen LogP contribution in [0.15, 0.2) is 12.1 Å². The maximum atomic E-state index is 13.1. The number of carbonyl (C=O) groups excluding carboxylic acids is 1. The van der Waals surface area contributed by atoms with E-state index in [9.17, 15) is 4.79 Å². The predicted octanol–water partition coefficient (Wildman–Crippen LogP) is 5.81. The Kier molecular flexibility index (Phi) is 3.35. The van der Waals surface area contributed by atoms with Gasteiger partial charge in [0.25, 0.3) is 0 Å². The predicted molar refractivity (Wildman–Crippen MR) is 101 cm³/mol. The van der Waals surface area contributed by atoms with Crippen molar-refractivity contribution in [3.63, 3.8) is 0 Å². The Morgan fingerprint density at radius 1 is 1.26 bits per heavy atom. The highest BCUT2D eigenvalue weighted by atomic mass is 32.9. The highest BCUT2D eigenvalue weighted by Gasteiger charge is 2.47. The number of nitrogens with zero attached hydrogens (tertiary/aromatic N) is 1. The van der Waals surface area contributed by atoms with Gasteiger partial charge in [-0.15, -0.1) is 0 Å². The third-order valence-electron chi connectivity index (χ3n) is 4.83. The maximum Gasteiger partial charge on any atom is 0.230 e. The van der Waals surface area contributed by atoms with Crippen LogP contribution in [-0.2, 0) is 10.3 Å². The van der Waals surface area contributed by atoms with E-state index in [1.807, 2.05) is 0 Å². The van der Waals surface area contributed by atoms with Gasteiger partial charge in [0.05, 0.1) is 16.1 Å². The van der Waals surface area contributed by atoms with Gasteiger partial charge in [0.1, 0.15) is 3.82 Å². The summed E-state index contributed by atoms with van der Waals surface area (Å²) in [6.45, 7) is 8.54. The second-order valence-corrected chi connectivity index (χ2v) is 9.96. The van der Waals surface area contributed by atoms with Gasteiger partial charge < -0.3 is 4.90 Å². The highest BCUT2D eigenvalue weighted by molar-refractivity contribution is 7.80. The van der Waals surface area contributed by atoms with Gasteiger partial charge in [0.2, 0.25) is 5.91 Å². The van der Waals surface area contributed by atoms with Crippen molar-refractivity contribution in [2.24, 2.45) is 5.92 Å². The van der Waals surface area contributed by atoms with Gasteiger partial charge in [-0.05, 0) is 52.2 Å². The van der Waals surface area contributed by atoms with E-state index in [2.05, 4.69) is 44.7 Å². The van der Waals surface area contributed by atoms with Crippen molar-refractivity contribution in [1.29, 1.82) is 0 Å². The maximum absolute atomic E-state index is 13.1. The van der Waals surface area contributed by atoms with E-state index in [-0.39, 0.29) is 17.4 Å². The Hall–Kier alpha value is -1.04. The van der Waals surface area contributed by atoms with Crippen molar-refractivity contribution in [2.45, 2.75) is 46.1 Å². The fourth-order valence-corrected chi connectivity index (χ4v) is 6.90. The highest BCUT2D eigenvalue weighted by Crippen LogP contribution is 2.54. The number of benzene rings is 1. The molecule has 0 N–H and O–H groups in total. The number of carbonyl (C=O) groups is 1. The molecule has 1 saturated carbocycles. The van der Waals surface area contributed by atoms with E-state index in [1.54, 1.807) is 20.7 Å². The first-order valence-corrected chi connectivity index (χ1v) is 10.5. The van der Waals surface area contributed by atoms with Gasteiger partial charge in [-0.2, -0.15) is 0 Å². The van der Waals surface area contributed by atoms with Crippen LogP contribution in [0.1, 0.15) is 42.7 Å². The van der Waals surface area contributed by atoms with Crippen LogP contribution in [0, 0.1) is 23.6 Å². The molecule has 0 unspecified atom stereocenters. The van der Waals surface area contributed by atoms with Gasteiger partial charge in [-0.3, -0.25) is 4.79 Å². The molecule has 1 aliphatic heterocycles. The van der Waals surface area contributed by atoms with Crippen LogP contribution in [0.5, 0.6) is 0 Å². The first-order chi connectivity index (χ1) is 10.8. The SMILES string of the molecule is Cc1cc(C)c2c(c1)-c1c(ssc1=S)C(C)(C)N2C(=O)C1CC1. The number of hydrogen-bond donors (Lipinski definition) is 0. The topological polar surface area (TPSA) is 20.3 Å². The molecule has 0 spiro atoms. The molecule has 2 aromatic rings. The summed E-state index contributed by atoms with van der Waals surface area (Å²) >= 11 is 5.63. The molecule has 2 nitrogen and oxygen atoms in total. The van der Waals surface area contributed by atoms with Crippen molar-refractivity contribution in [3.8, 4) is 11.1 Å². The van der Waals surface area contributed by atoms with Gasteiger partial charge in [0.15, 0.2) is 0 Å². The summed E-state index contributed by atoms with van der Waals surface area (Å²) in [5, 5.41) is 0. The third kappa shape index (κ3) is 2.17. The zero-order chi connectivity index (χ0) is 16.5. The third-order valence-corrected chi connectivity index (χ3v) is 8.16. The molecule has 0 atom stereocenters. The molecule has 120 valence electrons. The van der Waals surface area contributed by atoms with Crippen molar-refractivity contribution in [3.05, 3.63) is 32.0 Å². The van der Waals surface area contributed by atoms with E-state index < -0.39 is 0 Å². The standard InChI is InChI=1S/C18H19NOS3/c1-9-7-10(2)14-12(8-9)13-15(22-23-17(13)21)18(3,4)19(14)16(20)11-5-6-11/h7-8,11H,5-6H2,1-4H3. The van der Waals surface area contributed by atoms with Crippen molar-refractivity contribution in [1.82, 2.24) is 0 Å².